The second kappa shape index (κ2) is 27.6. The molecule has 2 rings (SSSR count). The predicted molar refractivity (Wildman–Crippen MR) is 248 cm³/mol. The van der Waals surface area contributed by atoms with E-state index in [0.29, 0.717) is 19.3 Å². The molecule has 0 spiro atoms. The van der Waals surface area contributed by atoms with Crippen molar-refractivity contribution in [1.29, 1.82) is 0 Å². The Labute approximate surface area is 396 Å². The van der Waals surface area contributed by atoms with Crippen molar-refractivity contribution in [3.63, 3.8) is 0 Å². The highest BCUT2D eigenvalue weighted by Crippen LogP contribution is 2.28. The number of likely N-dealkylation sites (N-methyl/N-ethyl adjacent to an activating group) is 1. The number of unbranched alkanes of at least 4 members (excludes halogenated alkanes) is 3. The summed E-state index contributed by atoms with van der Waals surface area (Å²) in [6.45, 7) is 15.1. The first-order valence-electron chi connectivity index (χ1n) is 24.1. The second-order valence-electron chi connectivity index (χ2n) is 20.6. The lowest BCUT2D eigenvalue weighted by molar-refractivity contribution is -0.147. The van der Waals surface area contributed by atoms with E-state index in [1.165, 1.54) is 4.90 Å². The number of alkyl halides is 2. The number of rotatable bonds is 16. The molecule has 386 valence electrons. The number of hydrogen-bond donors (Lipinski definition) is 6. The van der Waals surface area contributed by atoms with Gasteiger partial charge in [-0.05, 0) is 86.0 Å². The molecular formula is C47H83F2N7O11. The van der Waals surface area contributed by atoms with Crippen molar-refractivity contribution >= 4 is 41.7 Å². The number of ether oxygens (including phenoxy) is 4. The zero-order chi connectivity index (χ0) is 50.7. The van der Waals surface area contributed by atoms with Crippen LogP contribution in [0.5, 0.6) is 0 Å². The van der Waals surface area contributed by atoms with Crippen molar-refractivity contribution < 1.29 is 61.3 Å². The van der Waals surface area contributed by atoms with E-state index < -0.39 is 121 Å². The Kier molecular flexibility index (Phi) is 24.2. The van der Waals surface area contributed by atoms with E-state index in [1.807, 2.05) is 19.2 Å². The summed E-state index contributed by atoms with van der Waals surface area (Å²) in [6, 6.07) is -6.12. The Morgan fingerprint density at radius 2 is 1.37 bits per heavy atom. The van der Waals surface area contributed by atoms with Gasteiger partial charge in [-0.3, -0.25) is 24.0 Å². The maximum Gasteiger partial charge on any atom is 0.407 e. The number of alkyl carbamates (subject to hydrolysis) is 2. The molecule has 1 aliphatic carbocycles. The molecule has 1 aliphatic heterocycles. The number of halogens is 2. The fourth-order valence-corrected chi connectivity index (χ4v) is 7.86. The quantitative estimate of drug-likeness (QED) is 0.111. The van der Waals surface area contributed by atoms with Crippen LogP contribution in [0.15, 0.2) is 0 Å². The van der Waals surface area contributed by atoms with Crippen LogP contribution in [0.1, 0.15) is 147 Å². The topological polar surface area (TPSA) is 232 Å². The van der Waals surface area contributed by atoms with Gasteiger partial charge in [-0.25, -0.2) is 18.4 Å². The average Bonchev–Trinajstić information content (AvgIpc) is 3.22. The molecular weight excluding hydrogens is 877 g/mol. The minimum Gasteiger partial charge on any atom is -0.444 e. The lowest BCUT2D eigenvalue weighted by Crippen LogP contribution is -2.62. The van der Waals surface area contributed by atoms with Crippen molar-refractivity contribution in [3.05, 3.63) is 0 Å². The first kappa shape index (κ1) is 58.8. The maximum absolute atomic E-state index is 15.0. The van der Waals surface area contributed by atoms with Crippen LogP contribution in [0.4, 0.5) is 18.4 Å². The molecule has 0 aromatic rings. The third-order valence-corrected chi connectivity index (χ3v) is 11.4. The average molecular weight is 960 g/mol. The fourth-order valence-electron chi connectivity index (χ4n) is 7.86. The van der Waals surface area contributed by atoms with Crippen molar-refractivity contribution in [2.75, 3.05) is 40.0 Å². The normalized spacial score (nSPS) is 25.1. The zero-order valence-corrected chi connectivity index (χ0v) is 42.2. The molecule has 0 aromatic heterocycles. The number of amides is 7. The molecule has 7 amide bonds. The summed E-state index contributed by atoms with van der Waals surface area (Å²) < 4.78 is 52.1. The van der Waals surface area contributed by atoms with Crippen LogP contribution in [0, 0.1) is 17.8 Å². The molecule has 6 N–H and O–H groups in total. The fraction of sp³-hybridized carbons (Fsp3) is 0.851. The highest BCUT2D eigenvalue weighted by atomic mass is 19.3. The number of nitrogens with one attached hydrogen (secondary N) is 6. The van der Waals surface area contributed by atoms with Gasteiger partial charge < -0.3 is 55.7 Å². The summed E-state index contributed by atoms with van der Waals surface area (Å²) in [5.41, 5.74) is -1.86. The molecule has 2 fully saturated rings. The molecule has 0 bridgehead atoms. The Morgan fingerprint density at radius 3 is 1.96 bits per heavy atom. The Bertz CT molecular complexity index is 1620. The van der Waals surface area contributed by atoms with E-state index in [0.717, 1.165) is 44.9 Å². The highest BCUT2D eigenvalue weighted by Gasteiger charge is 2.40. The number of hydrogen-bond acceptors (Lipinski definition) is 11. The van der Waals surface area contributed by atoms with Gasteiger partial charge in [0.15, 0.2) is 0 Å². The van der Waals surface area contributed by atoms with Crippen molar-refractivity contribution in [1.82, 2.24) is 36.8 Å². The lowest BCUT2D eigenvalue weighted by Gasteiger charge is -2.36. The molecule has 0 radical (unpaired) electrons. The molecule has 2 aliphatic rings. The van der Waals surface area contributed by atoms with Crippen LogP contribution >= 0.6 is 0 Å². The van der Waals surface area contributed by atoms with Crippen molar-refractivity contribution in [2.24, 2.45) is 17.8 Å². The van der Waals surface area contributed by atoms with Gasteiger partial charge in [0, 0.05) is 13.1 Å². The highest BCUT2D eigenvalue weighted by molar-refractivity contribution is 5.96. The summed E-state index contributed by atoms with van der Waals surface area (Å²) in [7, 11) is 1.57. The van der Waals surface area contributed by atoms with Gasteiger partial charge in [-0.1, -0.05) is 72.6 Å². The molecule has 1 saturated carbocycles. The first-order valence-corrected chi connectivity index (χ1v) is 24.1. The van der Waals surface area contributed by atoms with E-state index in [9.17, 15) is 33.6 Å². The van der Waals surface area contributed by atoms with E-state index in [4.69, 9.17) is 18.9 Å². The minimum atomic E-state index is -3.64. The summed E-state index contributed by atoms with van der Waals surface area (Å²) >= 11 is 0. The van der Waals surface area contributed by atoms with E-state index in [2.05, 4.69) is 33.5 Å². The Morgan fingerprint density at radius 1 is 0.791 bits per heavy atom. The molecule has 67 heavy (non-hydrogen) atoms. The van der Waals surface area contributed by atoms with Gasteiger partial charge in [0.2, 0.25) is 29.5 Å². The number of carbonyl (C=O) groups is 7. The van der Waals surface area contributed by atoms with Crippen LogP contribution in [-0.4, -0.2) is 140 Å². The lowest BCUT2D eigenvalue weighted by atomic mass is 9.83. The van der Waals surface area contributed by atoms with Gasteiger partial charge in [0.1, 0.15) is 42.0 Å². The van der Waals surface area contributed by atoms with Gasteiger partial charge in [-0.15, -0.1) is 0 Å². The van der Waals surface area contributed by atoms with Gasteiger partial charge >= 0.3 is 12.2 Å². The molecule has 7 atom stereocenters. The van der Waals surface area contributed by atoms with Crippen LogP contribution in [-0.2, 0) is 42.9 Å². The number of nitrogens with zero attached hydrogens (tertiary/aromatic N) is 1. The van der Waals surface area contributed by atoms with Crippen LogP contribution in [0.2, 0.25) is 0 Å². The largest absolute Gasteiger partial charge is 0.444 e. The van der Waals surface area contributed by atoms with Gasteiger partial charge in [-0.2, -0.15) is 0 Å². The third-order valence-electron chi connectivity index (χ3n) is 11.4. The predicted octanol–water partition coefficient (Wildman–Crippen LogP) is 5.11. The zero-order valence-electron chi connectivity index (χ0n) is 42.2. The second-order valence-corrected chi connectivity index (χ2v) is 20.6. The van der Waals surface area contributed by atoms with E-state index >= 15 is 8.78 Å². The molecule has 1 heterocycles. The van der Waals surface area contributed by atoms with Gasteiger partial charge in [0.05, 0.1) is 38.3 Å². The molecule has 20 heteroatoms. The van der Waals surface area contributed by atoms with Crippen LogP contribution in [0.25, 0.3) is 0 Å². The number of carbonyl (C=O) groups excluding carboxylic acids is 7. The van der Waals surface area contributed by atoms with Crippen LogP contribution < -0.4 is 31.9 Å². The summed E-state index contributed by atoms with van der Waals surface area (Å²) in [5.74, 6) is -8.22. The third kappa shape index (κ3) is 22.6. The van der Waals surface area contributed by atoms with Crippen LogP contribution in [0.3, 0.4) is 0 Å². The minimum absolute atomic E-state index is 0.0283. The molecule has 1 saturated heterocycles. The Hall–Kier alpha value is -4.33. The first-order chi connectivity index (χ1) is 31.1. The Balaban J connectivity index is 2.65. The standard InChI is InChI=1S/C47H83F2N7O11/c1-13-14-15-19-22-36-31(5)42(61)56(12)35(23-29(2)3)40(59)55-37(32-20-17-16-18-21-32)41(60)53-33(24-50-43(62)66-45(6,7)8)38(57)54-34(39(58)52-30(4)25-65-36)26-64-28-47(48,49)27-51-44(63)67-46(9,10)11/h29-37H,13-28H2,1-12H3,(H,50,62)(H,51,63)(H,52,58)(H,53,60)(H,54,57)(H,55,59)/t30-,31-,33+,34+,35+,36-,37+/m1/s1. The maximum atomic E-state index is 15.0. The monoisotopic (exact) mass is 960 g/mol. The van der Waals surface area contributed by atoms with Crippen molar-refractivity contribution in [3.8, 4) is 0 Å². The SMILES string of the molecule is CCCCCC[C@H]1OC[C@@H](C)NC(=O)[C@H](COCC(F)(F)CNC(=O)OC(C)(C)C)NC(=O)[C@H](CNC(=O)OC(C)(C)C)NC(=O)[C@H](C2CCCCC2)NC(=O)[C@H](CC(C)C)N(C)C(=O)[C@@H]1C. The van der Waals surface area contributed by atoms with Crippen molar-refractivity contribution in [2.45, 2.75) is 200 Å². The summed E-state index contributed by atoms with van der Waals surface area (Å²) in [5, 5.41) is 15.3. The molecule has 0 unspecified atom stereocenters. The molecule has 0 aromatic carbocycles. The van der Waals surface area contributed by atoms with Gasteiger partial charge in [0.25, 0.3) is 5.92 Å². The molecule has 18 nitrogen and oxygen atoms in total. The van der Waals surface area contributed by atoms with E-state index in [1.54, 1.807) is 62.4 Å². The summed E-state index contributed by atoms with van der Waals surface area (Å²) in [6.07, 6.45) is 5.45. The van der Waals surface area contributed by atoms with E-state index in [-0.39, 0.29) is 30.8 Å². The smallest absolute Gasteiger partial charge is 0.407 e. The summed E-state index contributed by atoms with van der Waals surface area (Å²) in [4.78, 5) is 98.0.